The summed E-state index contributed by atoms with van der Waals surface area (Å²) < 4.78 is 2.42. The number of piperidine rings is 1. The monoisotopic (exact) mass is 339 g/mol. The van der Waals surface area contributed by atoms with Gasteiger partial charge in [0.15, 0.2) is 0 Å². The molecule has 1 aliphatic rings. The minimum Gasteiger partial charge on any atom is -0.330 e. The van der Waals surface area contributed by atoms with E-state index in [1.807, 2.05) is 6.20 Å². The Morgan fingerprint density at radius 2 is 1.92 bits per heavy atom. The fourth-order valence-electron chi connectivity index (χ4n) is 4.27. The molecule has 1 fully saturated rings. The standard InChI is InChI=1S/C22H33N3/c1-18(2)22-23-14-17-25(22)19(3)21-13-7-8-15-24(21)16-9-12-20-10-5-4-6-11-20/h4-6,10-11,14,17-19,21H,7-9,12-13,15-16H2,1-3H3. The van der Waals surface area contributed by atoms with Gasteiger partial charge in [-0.2, -0.15) is 0 Å². The summed E-state index contributed by atoms with van der Waals surface area (Å²) in [5.74, 6) is 1.70. The van der Waals surface area contributed by atoms with E-state index in [1.165, 1.54) is 56.6 Å². The lowest BCUT2D eigenvalue weighted by Gasteiger charge is -2.40. The van der Waals surface area contributed by atoms with Gasteiger partial charge in [0.1, 0.15) is 5.82 Å². The lowest BCUT2D eigenvalue weighted by molar-refractivity contribution is 0.106. The van der Waals surface area contributed by atoms with Crippen molar-refractivity contribution in [1.29, 1.82) is 0 Å². The third kappa shape index (κ3) is 4.52. The molecule has 3 nitrogen and oxygen atoms in total. The molecule has 1 aromatic heterocycles. The quantitative estimate of drug-likeness (QED) is 0.703. The van der Waals surface area contributed by atoms with Crippen LogP contribution in [0.4, 0.5) is 0 Å². The van der Waals surface area contributed by atoms with Gasteiger partial charge in [0.2, 0.25) is 0 Å². The summed E-state index contributed by atoms with van der Waals surface area (Å²) in [6, 6.07) is 12.0. The predicted octanol–water partition coefficient (Wildman–Crippen LogP) is 5.05. The molecule has 2 unspecified atom stereocenters. The molecule has 0 bridgehead atoms. The first-order valence-corrected chi connectivity index (χ1v) is 9.97. The lowest BCUT2D eigenvalue weighted by Crippen LogP contribution is -2.44. The van der Waals surface area contributed by atoms with Gasteiger partial charge >= 0.3 is 0 Å². The second-order valence-electron chi connectivity index (χ2n) is 7.78. The van der Waals surface area contributed by atoms with E-state index >= 15 is 0 Å². The molecule has 1 saturated heterocycles. The van der Waals surface area contributed by atoms with Crippen LogP contribution in [0, 0.1) is 0 Å². The highest BCUT2D eigenvalue weighted by atomic mass is 15.2. The molecule has 0 amide bonds. The molecule has 136 valence electrons. The van der Waals surface area contributed by atoms with Gasteiger partial charge in [-0.25, -0.2) is 4.98 Å². The molecular formula is C22H33N3. The van der Waals surface area contributed by atoms with Gasteiger partial charge in [0, 0.05) is 30.4 Å². The largest absolute Gasteiger partial charge is 0.330 e. The van der Waals surface area contributed by atoms with Crippen molar-refractivity contribution < 1.29 is 0 Å². The number of aromatic nitrogens is 2. The zero-order valence-corrected chi connectivity index (χ0v) is 16.1. The molecule has 0 spiro atoms. The van der Waals surface area contributed by atoms with Crippen molar-refractivity contribution >= 4 is 0 Å². The highest BCUT2D eigenvalue weighted by molar-refractivity contribution is 5.14. The Kier molecular flexibility index (Phi) is 6.30. The fourth-order valence-corrected chi connectivity index (χ4v) is 4.27. The van der Waals surface area contributed by atoms with Crippen LogP contribution in [0.5, 0.6) is 0 Å². The molecule has 1 aliphatic heterocycles. The molecule has 0 saturated carbocycles. The number of rotatable bonds is 7. The molecule has 0 N–H and O–H groups in total. The summed E-state index contributed by atoms with van der Waals surface area (Å²) in [6.07, 6.45) is 10.6. The zero-order chi connectivity index (χ0) is 17.6. The van der Waals surface area contributed by atoms with Gasteiger partial charge in [-0.3, -0.25) is 4.90 Å². The normalized spacial score (nSPS) is 20.1. The van der Waals surface area contributed by atoms with Crippen LogP contribution >= 0.6 is 0 Å². The van der Waals surface area contributed by atoms with E-state index in [-0.39, 0.29) is 0 Å². The molecule has 0 radical (unpaired) electrons. The fraction of sp³-hybridized carbons (Fsp3) is 0.591. The van der Waals surface area contributed by atoms with Crippen LogP contribution in [-0.4, -0.2) is 33.6 Å². The molecule has 0 aliphatic carbocycles. The zero-order valence-electron chi connectivity index (χ0n) is 16.1. The highest BCUT2D eigenvalue weighted by Gasteiger charge is 2.29. The number of imidazole rings is 1. The Morgan fingerprint density at radius 1 is 1.12 bits per heavy atom. The first kappa shape index (κ1) is 18.2. The maximum absolute atomic E-state index is 4.60. The summed E-state index contributed by atoms with van der Waals surface area (Å²) in [5.41, 5.74) is 1.46. The van der Waals surface area contributed by atoms with Crippen LogP contribution in [0.1, 0.15) is 69.8 Å². The minimum atomic E-state index is 0.479. The molecule has 3 heteroatoms. The average molecular weight is 340 g/mol. The molecule has 2 atom stereocenters. The Morgan fingerprint density at radius 3 is 2.68 bits per heavy atom. The number of hydrogen-bond acceptors (Lipinski definition) is 2. The van der Waals surface area contributed by atoms with E-state index in [0.717, 1.165) is 0 Å². The third-order valence-corrected chi connectivity index (χ3v) is 5.63. The second kappa shape index (κ2) is 8.66. The van der Waals surface area contributed by atoms with Crippen molar-refractivity contribution in [1.82, 2.24) is 14.5 Å². The Balaban J connectivity index is 1.63. The molecule has 25 heavy (non-hydrogen) atoms. The summed E-state index contributed by atoms with van der Waals surface area (Å²) in [7, 11) is 0. The van der Waals surface area contributed by atoms with Crippen LogP contribution in [0.2, 0.25) is 0 Å². The summed E-state index contributed by atoms with van der Waals surface area (Å²) >= 11 is 0. The summed E-state index contributed by atoms with van der Waals surface area (Å²) in [6.45, 7) is 9.31. The topological polar surface area (TPSA) is 21.1 Å². The second-order valence-corrected chi connectivity index (χ2v) is 7.78. The van der Waals surface area contributed by atoms with E-state index in [0.29, 0.717) is 18.0 Å². The van der Waals surface area contributed by atoms with E-state index < -0.39 is 0 Å². The number of likely N-dealkylation sites (tertiary alicyclic amines) is 1. The van der Waals surface area contributed by atoms with Crippen LogP contribution < -0.4 is 0 Å². The van der Waals surface area contributed by atoms with Gasteiger partial charge in [-0.05, 0) is 51.3 Å². The number of aryl methyl sites for hydroxylation is 1. The van der Waals surface area contributed by atoms with E-state index in [9.17, 15) is 0 Å². The van der Waals surface area contributed by atoms with Gasteiger partial charge < -0.3 is 4.57 Å². The Bertz CT molecular complexity index is 632. The van der Waals surface area contributed by atoms with Crippen LogP contribution in [0.3, 0.4) is 0 Å². The van der Waals surface area contributed by atoms with Crippen LogP contribution in [-0.2, 0) is 6.42 Å². The van der Waals surface area contributed by atoms with Crippen molar-refractivity contribution in [3.8, 4) is 0 Å². The highest BCUT2D eigenvalue weighted by Crippen LogP contribution is 2.29. The van der Waals surface area contributed by atoms with Crippen molar-refractivity contribution in [2.24, 2.45) is 0 Å². The van der Waals surface area contributed by atoms with Crippen LogP contribution in [0.25, 0.3) is 0 Å². The van der Waals surface area contributed by atoms with Gasteiger partial charge in [-0.1, -0.05) is 50.6 Å². The molecule has 2 heterocycles. The van der Waals surface area contributed by atoms with Gasteiger partial charge in [-0.15, -0.1) is 0 Å². The van der Waals surface area contributed by atoms with Gasteiger partial charge in [0.05, 0.1) is 0 Å². The first-order chi connectivity index (χ1) is 12.2. The Hall–Kier alpha value is -1.61. The van der Waals surface area contributed by atoms with E-state index in [1.54, 1.807) is 0 Å². The minimum absolute atomic E-state index is 0.479. The van der Waals surface area contributed by atoms with Crippen molar-refractivity contribution in [3.05, 3.63) is 54.1 Å². The molecular weight excluding hydrogens is 306 g/mol. The first-order valence-electron chi connectivity index (χ1n) is 9.97. The van der Waals surface area contributed by atoms with Gasteiger partial charge in [0.25, 0.3) is 0 Å². The predicted molar refractivity (Wildman–Crippen MR) is 105 cm³/mol. The number of benzene rings is 1. The van der Waals surface area contributed by atoms with E-state index in [4.69, 9.17) is 0 Å². The smallest absolute Gasteiger partial charge is 0.111 e. The number of hydrogen-bond donors (Lipinski definition) is 0. The van der Waals surface area contributed by atoms with E-state index in [2.05, 4.69) is 71.8 Å². The molecule has 1 aromatic carbocycles. The maximum atomic E-state index is 4.60. The molecule has 3 rings (SSSR count). The average Bonchev–Trinajstić information content (AvgIpc) is 3.12. The molecule has 2 aromatic rings. The maximum Gasteiger partial charge on any atom is 0.111 e. The summed E-state index contributed by atoms with van der Waals surface area (Å²) in [5, 5.41) is 0. The number of nitrogens with zero attached hydrogens (tertiary/aromatic N) is 3. The van der Waals surface area contributed by atoms with Crippen molar-refractivity contribution in [2.45, 2.75) is 70.9 Å². The summed E-state index contributed by atoms with van der Waals surface area (Å²) in [4.78, 5) is 7.34. The van der Waals surface area contributed by atoms with Crippen molar-refractivity contribution in [2.75, 3.05) is 13.1 Å². The SMILES string of the molecule is CC(C)c1nccn1C(C)C1CCCCN1CCCc1ccccc1. The van der Waals surface area contributed by atoms with Crippen molar-refractivity contribution in [3.63, 3.8) is 0 Å². The Labute approximate surface area is 153 Å². The third-order valence-electron chi connectivity index (χ3n) is 5.63. The van der Waals surface area contributed by atoms with Crippen LogP contribution in [0.15, 0.2) is 42.7 Å². The lowest BCUT2D eigenvalue weighted by atomic mass is 9.95.